The Bertz CT molecular complexity index is 1260. The molecule has 0 aliphatic carbocycles. The van der Waals surface area contributed by atoms with Gasteiger partial charge in [-0.25, -0.2) is 4.79 Å². The fourth-order valence-electron chi connectivity index (χ4n) is 3.76. The van der Waals surface area contributed by atoms with Crippen molar-refractivity contribution in [2.75, 3.05) is 37.7 Å². The van der Waals surface area contributed by atoms with Gasteiger partial charge in [-0.2, -0.15) is 4.98 Å². The summed E-state index contributed by atoms with van der Waals surface area (Å²) < 4.78 is 9.71. The monoisotopic (exact) mass is 482 g/mol. The highest BCUT2D eigenvalue weighted by Gasteiger charge is 2.25. The summed E-state index contributed by atoms with van der Waals surface area (Å²) in [5.41, 5.74) is -0.390. The van der Waals surface area contributed by atoms with E-state index in [0.29, 0.717) is 34.8 Å². The van der Waals surface area contributed by atoms with Crippen LogP contribution in [0.4, 0.5) is 5.95 Å². The number of hydrogen-bond donors (Lipinski definition) is 2. The van der Waals surface area contributed by atoms with Crippen LogP contribution in [0.2, 0.25) is 10.0 Å². The van der Waals surface area contributed by atoms with E-state index in [1.54, 1.807) is 29.8 Å². The van der Waals surface area contributed by atoms with Crippen molar-refractivity contribution in [2.24, 2.45) is 14.1 Å². The lowest BCUT2D eigenvalue weighted by atomic mass is 10.3. The van der Waals surface area contributed by atoms with E-state index >= 15 is 0 Å². The summed E-state index contributed by atoms with van der Waals surface area (Å²) >= 11 is 12.0. The molecule has 1 aliphatic heterocycles. The Balaban J connectivity index is 1.69. The summed E-state index contributed by atoms with van der Waals surface area (Å²) in [6.45, 7) is 2.89. The highest BCUT2D eigenvalue weighted by Crippen LogP contribution is 2.28. The fraction of sp³-hybridized carbons (Fsp3) is 0.450. The standard InChI is InChI=1S/C20H24Cl2N6O4/c1-25-17-16(18(30)26(2)20(25)31)28(19(24-17)27-7-5-23-6-8-27)10-13(29)11-32-15-4-3-12(21)9-14(15)22/h3-4,9,13,23,29H,5-8,10-11H2,1-2H3. The molecule has 10 nitrogen and oxygen atoms in total. The maximum atomic E-state index is 13.0. The molecule has 2 N–H and O–H groups in total. The number of benzene rings is 1. The van der Waals surface area contributed by atoms with Crippen LogP contribution in [0.3, 0.4) is 0 Å². The van der Waals surface area contributed by atoms with E-state index in [2.05, 4.69) is 10.3 Å². The van der Waals surface area contributed by atoms with E-state index in [0.717, 1.165) is 17.7 Å². The largest absolute Gasteiger partial charge is 0.489 e. The van der Waals surface area contributed by atoms with E-state index in [1.165, 1.54) is 11.6 Å². The van der Waals surface area contributed by atoms with E-state index in [9.17, 15) is 14.7 Å². The smallest absolute Gasteiger partial charge is 0.332 e. The molecule has 172 valence electrons. The summed E-state index contributed by atoms with van der Waals surface area (Å²) in [7, 11) is 3.00. The zero-order valence-electron chi connectivity index (χ0n) is 17.7. The molecule has 1 saturated heterocycles. The summed E-state index contributed by atoms with van der Waals surface area (Å²) in [5, 5.41) is 14.8. The van der Waals surface area contributed by atoms with Crippen molar-refractivity contribution in [1.29, 1.82) is 0 Å². The molecule has 32 heavy (non-hydrogen) atoms. The second-order valence-corrected chi connectivity index (χ2v) is 8.52. The van der Waals surface area contributed by atoms with Gasteiger partial charge in [0.1, 0.15) is 18.5 Å². The third-order valence-corrected chi connectivity index (χ3v) is 5.98. The first-order valence-electron chi connectivity index (χ1n) is 10.2. The van der Waals surface area contributed by atoms with Crippen molar-refractivity contribution in [1.82, 2.24) is 24.0 Å². The van der Waals surface area contributed by atoms with Gasteiger partial charge in [-0.15, -0.1) is 0 Å². The van der Waals surface area contributed by atoms with E-state index in [4.69, 9.17) is 27.9 Å². The van der Waals surface area contributed by atoms with Crippen LogP contribution >= 0.6 is 23.2 Å². The number of halogens is 2. The lowest BCUT2D eigenvalue weighted by molar-refractivity contribution is 0.0936. The minimum Gasteiger partial charge on any atom is -0.489 e. The summed E-state index contributed by atoms with van der Waals surface area (Å²) in [5.74, 6) is 0.926. The maximum Gasteiger partial charge on any atom is 0.332 e. The third kappa shape index (κ3) is 4.23. The highest BCUT2D eigenvalue weighted by atomic mass is 35.5. The van der Waals surface area contributed by atoms with Crippen molar-refractivity contribution in [3.63, 3.8) is 0 Å². The number of hydrogen-bond acceptors (Lipinski definition) is 7. The van der Waals surface area contributed by atoms with Crippen molar-refractivity contribution >= 4 is 40.3 Å². The number of aliphatic hydroxyl groups is 1. The second kappa shape index (κ2) is 9.14. The van der Waals surface area contributed by atoms with E-state index in [-0.39, 0.29) is 24.3 Å². The predicted octanol–water partition coefficient (Wildman–Crippen LogP) is 0.590. The van der Waals surface area contributed by atoms with Gasteiger partial charge in [-0.1, -0.05) is 23.2 Å². The van der Waals surface area contributed by atoms with Crippen molar-refractivity contribution in [3.05, 3.63) is 49.1 Å². The van der Waals surface area contributed by atoms with Crippen LogP contribution < -0.4 is 26.2 Å². The minimum absolute atomic E-state index is 0.0500. The topological polar surface area (TPSA) is 107 Å². The molecule has 12 heteroatoms. The van der Waals surface area contributed by atoms with Crippen LogP contribution in [0.5, 0.6) is 5.75 Å². The molecule has 0 bridgehead atoms. The zero-order chi connectivity index (χ0) is 23.0. The Hall–Kier alpha value is -2.53. The van der Waals surface area contributed by atoms with Crippen LogP contribution in [-0.2, 0) is 20.6 Å². The predicted molar refractivity (Wildman–Crippen MR) is 123 cm³/mol. The zero-order valence-corrected chi connectivity index (χ0v) is 19.2. The number of rotatable bonds is 6. The van der Waals surface area contributed by atoms with E-state index in [1.807, 2.05) is 4.90 Å². The van der Waals surface area contributed by atoms with Gasteiger partial charge in [0.2, 0.25) is 5.95 Å². The quantitative estimate of drug-likeness (QED) is 0.529. The lowest BCUT2D eigenvalue weighted by Gasteiger charge is -2.29. The van der Waals surface area contributed by atoms with Crippen molar-refractivity contribution < 1.29 is 9.84 Å². The number of piperazine rings is 1. The Kier molecular flexibility index (Phi) is 6.47. The van der Waals surface area contributed by atoms with Gasteiger partial charge in [-0.3, -0.25) is 13.9 Å². The molecule has 0 spiro atoms. The van der Waals surface area contributed by atoms with E-state index < -0.39 is 17.4 Å². The fourth-order valence-corrected chi connectivity index (χ4v) is 4.22. The number of aliphatic hydroxyl groups excluding tert-OH is 1. The molecule has 3 aromatic rings. The molecule has 1 atom stereocenters. The van der Waals surface area contributed by atoms with Crippen LogP contribution in [0.25, 0.3) is 11.2 Å². The van der Waals surface area contributed by atoms with Gasteiger partial charge in [0.15, 0.2) is 11.2 Å². The van der Waals surface area contributed by atoms with Crippen LogP contribution in [0.15, 0.2) is 27.8 Å². The van der Waals surface area contributed by atoms with Crippen LogP contribution in [-0.4, -0.2) is 62.7 Å². The molecule has 0 saturated carbocycles. The molecule has 1 aliphatic rings. The molecule has 0 radical (unpaired) electrons. The number of imidazole rings is 1. The summed E-state index contributed by atoms with van der Waals surface area (Å²) in [6.07, 6.45) is -0.970. The average molecular weight is 483 g/mol. The first-order chi connectivity index (χ1) is 15.3. The molecule has 1 unspecified atom stereocenters. The molecule has 1 aromatic carbocycles. The minimum atomic E-state index is -0.970. The number of nitrogens with zero attached hydrogens (tertiary/aromatic N) is 5. The first kappa shape index (κ1) is 22.7. The SMILES string of the molecule is Cn1c(=O)c2c(nc(N3CCNCC3)n2CC(O)COc2ccc(Cl)cc2Cl)n(C)c1=O. The van der Waals surface area contributed by atoms with Crippen LogP contribution in [0, 0.1) is 0 Å². The Morgan fingerprint density at radius 2 is 1.91 bits per heavy atom. The molecular weight excluding hydrogens is 459 g/mol. The van der Waals surface area contributed by atoms with Gasteiger partial charge < -0.3 is 24.6 Å². The van der Waals surface area contributed by atoms with Gasteiger partial charge in [-0.05, 0) is 18.2 Å². The Morgan fingerprint density at radius 1 is 1.19 bits per heavy atom. The molecule has 4 rings (SSSR count). The van der Waals surface area contributed by atoms with Gasteiger partial charge in [0.25, 0.3) is 5.56 Å². The number of fused-ring (bicyclic) bond motifs is 1. The van der Waals surface area contributed by atoms with Crippen LogP contribution in [0.1, 0.15) is 0 Å². The Labute approximate surface area is 193 Å². The van der Waals surface area contributed by atoms with Crippen molar-refractivity contribution in [3.8, 4) is 5.75 Å². The number of nitrogens with one attached hydrogen (secondary N) is 1. The summed E-state index contributed by atoms with van der Waals surface area (Å²) in [6, 6.07) is 4.83. The van der Waals surface area contributed by atoms with Gasteiger partial charge >= 0.3 is 5.69 Å². The third-order valence-electron chi connectivity index (χ3n) is 5.45. The average Bonchev–Trinajstić information content (AvgIpc) is 3.15. The Morgan fingerprint density at radius 3 is 2.59 bits per heavy atom. The molecule has 2 aromatic heterocycles. The second-order valence-electron chi connectivity index (χ2n) is 7.68. The number of ether oxygens (including phenoxy) is 1. The molecule has 1 fully saturated rings. The molecule has 3 heterocycles. The number of aromatic nitrogens is 4. The first-order valence-corrected chi connectivity index (χ1v) is 10.9. The normalized spacial score (nSPS) is 15.3. The highest BCUT2D eigenvalue weighted by molar-refractivity contribution is 6.35. The van der Waals surface area contributed by atoms with Gasteiger partial charge in [0.05, 0.1) is 11.6 Å². The molecular formula is C20H24Cl2N6O4. The van der Waals surface area contributed by atoms with Crippen molar-refractivity contribution in [2.45, 2.75) is 12.6 Å². The maximum absolute atomic E-state index is 13.0. The lowest BCUT2D eigenvalue weighted by Crippen LogP contribution is -2.45. The summed E-state index contributed by atoms with van der Waals surface area (Å²) in [4.78, 5) is 32.0. The molecule has 0 amide bonds. The number of anilines is 1. The van der Waals surface area contributed by atoms with Gasteiger partial charge in [0, 0.05) is 45.3 Å². The number of aryl methyl sites for hydroxylation is 1.